The molecule has 20 heavy (non-hydrogen) atoms. The first kappa shape index (κ1) is 15.5. The second kappa shape index (κ2) is 6.74. The van der Waals surface area contributed by atoms with Crippen LogP contribution in [-0.2, 0) is 0 Å². The Morgan fingerprint density at radius 2 is 2.00 bits per heavy atom. The Bertz CT molecular complexity index is 380. The number of piperazine rings is 1. The molecule has 0 aromatic carbocycles. The van der Waals surface area contributed by atoms with Crippen molar-refractivity contribution in [3.63, 3.8) is 0 Å². The second-order valence-electron chi connectivity index (χ2n) is 6.46. The van der Waals surface area contributed by atoms with Crippen molar-refractivity contribution in [2.24, 2.45) is 0 Å². The molecule has 1 aliphatic heterocycles. The minimum Gasteiger partial charge on any atom is -0.468 e. The molecule has 1 saturated heterocycles. The van der Waals surface area contributed by atoms with Crippen LogP contribution in [0.1, 0.15) is 39.0 Å². The van der Waals surface area contributed by atoms with E-state index in [1.807, 2.05) is 6.07 Å². The summed E-state index contributed by atoms with van der Waals surface area (Å²) in [6.07, 6.45) is 2.80. The van der Waals surface area contributed by atoms with Crippen LogP contribution in [0.3, 0.4) is 0 Å². The fraction of sp³-hybridized carbons (Fsp3) is 0.750. The fourth-order valence-electron chi connectivity index (χ4n) is 2.83. The normalized spacial score (nSPS) is 20.2. The molecule has 1 aliphatic rings. The van der Waals surface area contributed by atoms with E-state index in [0.29, 0.717) is 6.04 Å². The van der Waals surface area contributed by atoms with E-state index in [1.165, 1.54) is 13.1 Å². The number of nitrogens with zero attached hydrogens (tertiary/aromatic N) is 2. The van der Waals surface area contributed by atoms with E-state index in [2.05, 4.69) is 49.0 Å². The monoisotopic (exact) mass is 279 g/mol. The summed E-state index contributed by atoms with van der Waals surface area (Å²) in [6, 6.07) is 4.34. The Morgan fingerprint density at radius 1 is 1.30 bits per heavy atom. The summed E-state index contributed by atoms with van der Waals surface area (Å²) < 4.78 is 5.53. The molecule has 1 atom stereocenters. The van der Waals surface area contributed by atoms with E-state index < -0.39 is 0 Å². The van der Waals surface area contributed by atoms with Crippen molar-refractivity contribution >= 4 is 0 Å². The summed E-state index contributed by atoms with van der Waals surface area (Å²) in [5.41, 5.74) is 0.182. The minimum absolute atomic E-state index is 0.182. The number of likely N-dealkylation sites (N-methyl/N-ethyl adjacent to an activating group) is 1. The Hall–Kier alpha value is -0.840. The average Bonchev–Trinajstić information content (AvgIpc) is 2.94. The molecule has 0 spiro atoms. The Balaban J connectivity index is 1.87. The van der Waals surface area contributed by atoms with Crippen LogP contribution in [0.15, 0.2) is 22.8 Å². The van der Waals surface area contributed by atoms with Crippen LogP contribution >= 0.6 is 0 Å². The summed E-state index contributed by atoms with van der Waals surface area (Å²) in [7, 11) is 2.20. The number of nitrogens with one attached hydrogen (secondary N) is 1. The van der Waals surface area contributed by atoms with Crippen LogP contribution < -0.4 is 5.32 Å². The summed E-state index contributed by atoms with van der Waals surface area (Å²) in [6.45, 7) is 12.5. The maximum atomic E-state index is 5.53. The summed E-state index contributed by atoms with van der Waals surface area (Å²) in [5, 5.41) is 3.67. The van der Waals surface area contributed by atoms with Gasteiger partial charge in [-0.05, 0) is 39.4 Å². The number of furan rings is 1. The van der Waals surface area contributed by atoms with Crippen LogP contribution in [0.25, 0.3) is 0 Å². The molecule has 1 aromatic heterocycles. The van der Waals surface area contributed by atoms with Gasteiger partial charge in [-0.25, -0.2) is 0 Å². The molecule has 0 saturated carbocycles. The summed E-state index contributed by atoms with van der Waals surface area (Å²) in [5.74, 6) is 1.04. The molecule has 4 heteroatoms. The molecular weight excluding hydrogens is 250 g/mol. The van der Waals surface area contributed by atoms with Crippen molar-refractivity contribution in [3.8, 4) is 0 Å². The van der Waals surface area contributed by atoms with Crippen molar-refractivity contribution in [1.82, 2.24) is 15.1 Å². The SMILES string of the molecule is CCC(NCC(C)(C)N1CCN(C)CC1)c1ccco1. The summed E-state index contributed by atoms with van der Waals surface area (Å²) >= 11 is 0. The highest BCUT2D eigenvalue weighted by Crippen LogP contribution is 2.20. The van der Waals surface area contributed by atoms with Gasteiger partial charge in [0.2, 0.25) is 0 Å². The van der Waals surface area contributed by atoms with Gasteiger partial charge in [0.15, 0.2) is 0 Å². The first-order valence-electron chi connectivity index (χ1n) is 7.73. The maximum Gasteiger partial charge on any atom is 0.120 e. The molecule has 1 aromatic rings. The molecule has 2 rings (SSSR count). The molecule has 4 nitrogen and oxygen atoms in total. The van der Waals surface area contributed by atoms with Crippen molar-refractivity contribution < 1.29 is 4.42 Å². The van der Waals surface area contributed by atoms with E-state index in [9.17, 15) is 0 Å². The van der Waals surface area contributed by atoms with E-state index in [0.717, 1.165) is 31.8 Å². The third-order valence-electron chi connectivity index (χ3n) is 4.44. The minimum atomic E-state index is 0.182. The van der Waals surface area contributed by atoms with Crippen LogP contribution in [-0.4, -0.2) is 55.1 Å². The molecule has 1 N–H and O–H groups in total. The van der Waals surface area contributed by atoms with Gasteiger partial charge in [0.05, 0.1) is 12.3 Å². The standard InChI is InChI=1S/C16H29N3O/c1-5-14(15-7-6-12-20-15)17-13-16(2,3)19-10-8-18(4)9-11-19/h6-7,12,14,17H,5,8-11,13H2,1-4H3. The predicted octanol–water partition coefficient (Wildman–Crippen LogP) is 2.35. The number of rotatable bonds is 6. The number of hydrogen-bond donors (Lipinski definition) is 1. The Labute approximate surface area is 123 Å². The molecule has 0 aliphatic carbocycles. The summed E-state index contributed by atoms with van der Waals surface area (Å²) in [4.78, 5) is 4.99. The fourth-order valence-corrected chi connectivity index (χ4v) is 2.83. The lowest BCUT2D eigenvalue weighted by Gasteiger charge is -2.43. The highest BCUT2D eigenvalue weighted by atomic mass is 16.3. The van der Waals surface area contributed by atoms with Crippen molar-refractivity contribution in [1.29, 1.82) is 0 Å². The molecule has 114 valence electrons. The number of hydrogen-bond acceptors (Lipinski definition) is 4. The van der Waals surface area contributed by atoms with Gasteiger partial charge in [-0.3, -0.25) is 4.90 Å². The van der Waals surface area contributed by atoms with Gasteiger partial charge in [-0.1, -0.05) is 6.92 Å². The largest absolute Gasteiger partial charge is 0.468 e. The molecule has 1 fully saturated rings. The zero-order valence-electron chi connectivity index (χ0n) is 13.4. The third kappa shape index (κ3) is 3.84. The molecule has 0 bridgehead atoms. The topological polar surface area (TPSA) is 31.6 Å². The lowest BCUT2D eigenvalue weighted by atomic mass is 10.0. The van der Waals surface area contributed by atoms with Gasteiger partial charge < -0.3 is 14.6 Å². The smallest absolute Gasteiger partial charge is 0.120 e. The van der Waals surface area contributed by atoms with Crippen LogP contribution in [0.2, 0.25) is 0 Å². The van der Waals surface area contributed by atoms with Gasteiger partial charge in [-0.15, -0.1) is 0 Å². The van der Waals surface area contributed by atoms with E-state index in [4.69, 9.17) is 4.42 Å². The second-order valence-corrected chi connectivity index (χ2v) is 6.46. The van der Waals surface area contributed by atoms with Gasteiger partial charge in [0.1, 0.15) is 5.76 Å². The average molecular weight is 279 g/mol. The third-order valence-corrected chi connectivity index (χ3v) is 4.44. The van der Waals surface area contributed by atoms with E-state index in [-0.39, 0.29) is 5.54 Å². The van der Waals surface area contributed by atoms with Crippen molar-refractivity contribution in [2.75, 3.05) is 39.8 Å². The lowest BCUT2D eigenvalue weighted by Crippen LogP contribution is -2.57. The zero-order valence-corrected chi connectivity index (χ0v) is 13.4. The van der Waals surface area contributed by atoms with Gasteiger partial charge in [0.25, 0.3) is 0 Å². The van der Waals surface area contributed by atoms with Crippen LogP contribution in [0.4, 0.5) is 0 Å². The maximum absolute atomic E-state index is 5.53. The van der Waals surface area contributed by atoms with Crippen molar-refractivity contribution in [2.45, 2.75) is 38.8 Å². The highest BCUT2D eigenvalue weighted by Gasteiger charge is 2.29. The molecule has 2 heterocycles. The van der Waals surface area contributed by atoms with Crippen LogP contribution in [0, 0.1) is 0 Å². The van der Waals surface area contributed by atoms with Gasteiger partial charge in [0, 0.05) is 38.3 Å². The van der Waals surface area contributed by atoms with Crippen LogP contribution in [0.5, 0.6) is 0 Å². The van der Waals surface area contributed by atoms with E-state index in [1.54, 1.807) is 6.26 Å². The van der Waals surface area contributed by atoms with Gasteiger partial charge in [-0.2, -0.15) is 0 Å². The zero-order chi connectivity index (χ0) is 14.6. The highest BCUT2D eigenvalue weighted by molar-refractivity contribution is 5.04. The molecule has 0 radical (unpaired) electrons. The first-order chi connectivity index (χ1) is 9.53. The quantitative estimate of drug-likeness (QED) is 0.866. The molecule has 0 amide bonds. The predicted molar refractivity (Wildman–Crippen MR) is 82.9 cm³/mol. The molecule has 1 unspecified atom stereocenters. The van der Waals surface area contributed by atoms with Gasteiger partial charge >= 0.3 is 0 Å². The lowest BCUT2D eigenvalue weighted by molar-refractivity contribution is 0.0595. The Morgan fingerprint density at radius 3 is 2.55 bits per heavy atom. The van der Waals surface area contributed by atoms with E-state index >= 15 is 0 Å². The molecular formula is C16H29N3O. The van der Waals surface area contributed by atoms with Crippen molar-refractivity contribution in [3.05, 3.63) is 24.2 Å². The Kier molecular flexibility index (Phi) is 5.24. The first-order valence-corrected chi connectivity index (χ1v) is 7.73.